The van der Waals surface area contributed by atoms with Crippen LogP contribution in [0.1, 0.15) is 5.56 Å². The van der Waals surface area contributed by atoms with Crippen LogP contribution in [0.2, 0.25) is 0 Å². The molecule has 2 aromatic carbocycles. The van der Waals surface area contributed by atoms with Crippen LogP contribution in [0.5, 0.6) is 0 Å². The summed E-state index contributed by atoms with van der Waals surface area (Å²) in [5.41, 5.74) is 4.06. The minimum absolute atomic E-state index is 0.265. The van der Waals surface area contributed by atoms with E-state index in [-0.39, 0.29) is 5.56 Å². The Labute approximate surface area is 195 Å². The summed E-state index contributed by atoms with van der Waals surface area (Å²) in [6.07, 6.45) is 0.716. The third kappa shape index (κ3) is 3.91. The summed E-state index contributed by atoms with van der Waals surface area (Å²) in [5.74, 6) is -0.714. The number of aryl methyl sites for hydroxylation is 1. The molecule has 34 heavy (non-hydrogen) atoms. The molecule has 0 aliphatic carbocycles. The van der Waals surface area contributed by atoms with Crippen LogP contribution in [-0.4, -0.2) is 52.2 Å². The zero-order valence-electron chi connectivity index (χ0n) is 18.5. The highest BCUT2D eigenvalue weighted by atomic mass is 19.1. The van der Waals surface area contributed by atoms with Gasteiger partial charge in [0.25, 0.3) is 0 Å². The Morgan fingerprint density at radius 3 is 2.41 bits per heavy atom. The molecule has 0 spiro atoms. The van der Waals surface area contributed by atoms with E-state index in [1.54, 1.807) is 18.3 Å². The smallest absolute Gasteiger partial charge is 0.407 e. The molecule has 0 saturated carbocycles. The number of halogens is 2. The van der Waals surface area contributed by atoms with Crippen molar-refractivity contribution < 1.29 is 18.7 Å². The van der Waals surface area contributed by atoms with Crippen molar-refractivity contribution in [1.82, 2.24) is 14.9 Å². The number of pyridine rings is 2. The van der Waals surface area contributed by atoms with Gasteiger partial charge in [0.1, 0.15) is 17.5 Å². The fourth-order valence-corrected chi connectivity index (χ4v) is 4.39. The molecule has 6 nitrogen and oxygen atoms in total. The van der Waals surface area contributed by atoms with Gasteiger partial charge in [-0.15, -0.1) is 0 Å². The number of fused-ring (bicyclic) bond motifs is 1. The largest absolute Gasteiger partial charge is 0.465 e. The van der Waals surface area contributed by atoms with Crippen molar-refractivity contribution >= 4 is 22.8 Å². The minimum Gasteiger partial charge on any atom is -0.465 e. The average molecular weight is 460 g/mol. The van der Waals surface area contributed by atoms with Crippen LogP contribution in [0.3, 0.4) is 0 Å². The number of hydrogen-bond donors (Lipinski definition) is 1. The zero-order valence-corrected chi connectivity index (χ0v) is 18.5. The molecule has 5 rings (SSSR count). The Kier molecular flexibility index (Phi) is 5.57. The van der Waals surface area contributed by atoms with Gasteiger partial charge in [-0.3, -0.25) is 4.98 Å². The summed E-state index contributed by atoms with van der Waals surface area (Å²) < 4.78 is 28.6. The number of carboxylic acid groups (broad SMARTS) is 1. The lowest BCUT2D eigenvalue weighted by Gasteiger charge is -2.34. The number of carbonyl (C=O) groups is 1. The lowest BCUT2D eigenvalue weighted by molar-refractivity contribution is 0.142. The number of nitrogens with zero attached hydrogens (tertiary/aromatic N) is 4. The molecule has 0 bridgehead atoms. The first-order valence-corrected chi connectivity index (χ1v) is 11.0. The number of rotatable bonds is 3. The molecule has 8 heteroatoms. The Morgan fingerprint density at radius 2 is 1.71 bits per heavy atom. The predicted molar refractivity (Wildman–Crippen MR) is 127 cm³/mol. The Hall–Kier alpha value is -4.07. The van der Waals surface area contributed by atoms with Crippen molar-refractivity contribution in [2.75, 3.05) is 31.1 Å². The average Bonchev–Trinajstić information content (AvgIpc) is 2.84. The van der Waals surface area contributed by atoms with Crippen molar-refractivity contribution in [3.05, 3.63) is 78.0 Å². The fraction of sp³-hybridized carbons (Fsp3) is 0.192. The fourth-order valence-electron chi connectivity index (χ4n) is 4.39. The summed E-state index contributed by atoms with van der Waals surface area (Å²) in [4.78, 5) is 24.2. The van der Waals surface area contributed by atoms with Crippen LogP contribution in [0, 0.1) is 18.6 Å². The van der Waals surface area contributed by atoms with E-state index < -0.39 is 17.7 Å². The second-order valence-electron chi connectivity index (χ2n) is 8.28. The van der Waals surface area contributed by atoms with Crippen LogP contribution in [0.4, 0.5) is 19.4 Å². The van der Waals surface area contributed by atoms with Crippen LogP contribution >= 0.6 is 0 Å². The maximum absolute atomic E-state index is 14.9. The van der Waals surface area contributed by atoms with Gasteiger partial charge in [-0.2, -0.15) is 0 Å². The minimum atomic E-state index is -0.953. The monoisotopic (exact) mass is 460 g/mol. The number of hydrogen-bond acceptors (Lipinski definition) is 4. The quantitative estimate of drug-likeness (QED) is 0.446. The van der Waals surface area contributed by atoms with E-state index in [2.05, 4.69) is 4.98 Å². The molecular formula is C26H22F2N4O2. The molecule has 1 saturated heterocycles. The van der Waals surface area contributed by atoms with E-state index in [1.807, 2.05) is 36.1 Å². The molecule has 1 aliphatic rings. The van der Waals surface area contributed by atoms with Gasteiger partial charge in [0.15, 0.2) is 0 Å². The highest BCUT2D eigenvalue weighted by Crippen LogP contribution is 2.37. The van der Waals surface area contributed by atoms with E-state index >= 15 is 0 Å². The SMILES string of the molecule is Cc1ccccc1-c1nccc2c(-c3ccc(F)cc3F)cc(N3CCN(C(=O)O)CC3)nc12. The molecule has 4 aromatic rings. The third-order valence-corrected chi connectivity index (χ3v) is 6.21. The van der Waals surface area contributed by atoms with Gasteiger partial charge in [-0.25, -0.2) is 18.6 Å². The summed E-state index contributed by atoms with van der Waals surface area (Å²) in [6, 6.07) is 14.9. The normalized spacial score (nSPS) is 14.0. The number of benzene rings is 2. The summed E-state index contributed by atoms with van der Waals surface area (Å²) in [7, 11) is 0. The van der Waals surface area contributed by atoms with Gasteiger partial charge in [0.2, 0.25) is 0 Å². The summed E-state index contributed by atoms with van der Waals surface area (Å²) >= 11 is 0. The summed E-state index contributed by atoms with van der Waals surface area (Å²) in [6.45, 7) is 3.58. The number of aromatic nitrogens is 2. The Morgan fingerprint density at radius 1 is 0.941 bits per heavy atom. The van der Waals surface area contributed by atoms with Gasteiger partial charge in [0, 0.05) is 55.0 Å². The highest BCUT2D eigenvalue weighted by molar-refractivity contribution is 6.02. The Balaban J connectivity index is 1.72. The van der Waals surface area contributed by atoms with E-state index in [9.17, 15) is 18.7 Å². The zero-order chi connectivity index (χ0) is 23.8. The molecule has 3 heterocycles. The van der Waals surface area contributed by atoms with E-state index in [1.165, 1.54) is 17.0 Å². The Bertz CT molecular complexity index is 1400. The molecule has 1 fully saturated rings. The van der Waals surface area contributed by atoms with Crippen LogP contribution in [-0.2, 0) is 0 Å². The van der Waals surface area contributed by atoms with Crippen molar-refractivity contribution in [1.29, 1.82) is 0 Å². The molecule has 1 amide bonds. The van der Waals surface area contributed by atoms with Gasteiger partial charge in [-0.05, 0) is 42.3 Å². The molecule has 1 aliphatic heterocycles. The molecule has 0 unspecified atom stereocenters. The van der Waals surface area contributed by atoms with Gasteiger partial charge < -0.3 is 14.9 Å². The van der Waals surface area contributed by atoms with E-state index in [0.29, 0.717) is 54.2 Å². The first kappa shape index (κ1) is 21.8. The van der Waals surface area contributed by atoms with Crippen molar-refractivity contribution in [3.63, 3.8) is 0 Å². The number of anilines is 1. The maximum Gasteiger partial charge on any atom is 0.407 e. The van der Waals surface area contributed by atoms with Gasteiger partial charge in [0.05, 0.1) is 11.2 Å². The molecule has 1 N–H and O–H groups in total. The van der Waals surface area contributed by atoms with Crippen molar-refractivity contribution in [2.24, 2.45) is 0 Å². The molecule has 0 radical (unpaired) electrons. The lowest BCUT2D eigenvalue weighted by atomic mass is 9.97. The predicted octanol–water partition coefficient (Wildman–Crippen LogP) is 5.35. The van der Waals surface area contributed by atoms with E-state index in [0.717, 1.165) is 17.2 Å². The number of piperazine rings is 1. The van der Waals surface area contributed by atoms with Crippen molar-refractivity contribution in [2.45, 2.75) is 6.92 Å². The summed E-state index contributed by atoms with van der Waals surface area (Å²) in [5, 5.41) is 9.98. The molecule has 172 valence electrons. The van der Waals surface area contributed by atoms with Crippen LogP contribution in [0.25, 0.3) is 33.3 Å². The topological polar surface area (TPSA) is 69.6 Å². The van der Waals surface area contributed by atoms with Crippen molar-refractivity contribution in [3.8, 4) is 22.4 Å². The second kappa shape index (κ2) is 8.70. The molecule has 2 aromatic heterocycles. The molecular weight excluding hydrogens is 438 g/mol. The van der Waals surface area contributed by atoms with Gasteiger partial charge >= 0.3 is 6.09 Å². The van der Waals surface area contributed by atoms with Crippen LogP contribution in [0.15, 0.2) is 60.8 Å². The number of amides is 1. The van der Waals surface area contributed by atoms with E-state index in [4.69, 9.17) is 4.98 Å². The lowest BCUT2D eigenvalue weighted by Crippen LogP contribution is -2.48. The first-order valence-electron chi connectivity index (χ1n) is 11.0. The molecule has 0 atom stereocenters. The first-order chi connectivity index (χ1) is 16.4. The highest BCUT2D eigenvalue weighted by Gasteiger charge is 2.24. The second-order valence-corrected chi connectivity index (χ2v) is 8.28. The standard InChI is InChI=1S/C26H22F2N4O2/c1-16-4-2-3-5-18(16)24-25-20(8-9-29-24)21(19-7-6-17(27)14-22(19)28)15-23(30-25)31-10-12-32(13-11-31)26(33)34/h2-9,14-15H,10-13H2,1H3,(H,33,34). The maximum atomic E-state index is 14.9. The third-order valence-electron chi connectivity index (χ3n) is 6.21. The van der Waals surface area contributed by atoms with Gasteiger partial charge in [-0.1, -0.05) is 24.3 Å². The van der Waals surface area contributed by atoms with Crippen LogP contribution < -0.4 is 4.90 Å².